The van der Waals surface area contributed by atoms with Crippen LogP contribution in [0.15, 0.2) is 17.4 Å². The molecule has 1 atom stereocenters. The van der Waals surface area contributed by atoms with Crippen LogP contribution in [0.4, 0.5) is 0 Å². The van der Waals surface area contributed by atoms with Crippen LogP contribution in [0.5, 0.6) is 0 Å². The molecule has 1 N–H and O–H groups in total. The summed E-state index contributed by atoms with van der Waals surface area (Å²) in [5.41, 5.74) is 1.13. The number of aromatic nitrogens is 2. The highest BCUT2D eigenvalue weighted by Crippen LogP contribution is 2.22. The molecule has 0 aliphatic carbocycles. The average Bonchev–Trinajstić information content (AvgIpc) is 3.04. The van der Waals surface area contributed by atoms with E-state index in [9.17, 15) is 0 Å². The number of halogens is 1. The van der Waals surface area contributed by atoms with E-state index in [2.05, 4.69) is 32.3 Å². The number of rotatable bonds is 3. The molecule has 0 aromatic carbocycles. The van der Waals surface area contributed by atoms with Crippen LogP contribution in [0.2, 0.25) is 0 Å². The van der Waals surface area contributed by atoms with Crippen LogP contribution in [0, 0.1) is 5.92 Å². The van der Waals surface area contributed by atoms with Gasteiger partial charge in [-0.25, -0.2) is 0 Å². The maximum Gasteiger partial charge on any atom is 0.193 e. The van der Waals surface area contributed by atoms with Crippen molar-refractivity contribution >= 4 is 29.9 Å². The number of aliphatic imine (C=N–C) groups is 1. The first kappa shape index (κ1) is 20.4. The Bertz CT molecular complexity index is 555. The molecule has 1 aromatic rings. The average molecular weight is 462 g/mol. The predicted octanol–water partition coefficient (Wildman–Crippen LogP) is 1.33. The molecule has 2 fully saturated rings. The maximum absolute atomic E-state index is 5.93. The van der Waals surface area contributed by atoms with Gasteiger partial charge in [0.05, 0.1) is 19.3 Å². The van der Waals surface area contributed by atoms with Gasteiger partial charge >= 0.3 is 0 Å². The van der Waals surface area contributed by atoms with E-state index in [4.69, 9.17) is 4.74 Å². The number of nitrogens with zero attached hydrogens (tertiary/aromatic N) is 5. The van der Waals surface area contributed by atoms with E-state index in [1.165, 1.54) is 25.9 Å². The van der Waals surface area contributed by atoms with E-state index in [1.54, 1.807) is 0 Å². The fourth-order valence-corrected chi connectivity index (χ4v) is 3.48. The molecule has 25 heavy (non-hydrogen) atoms. The molecule has 7 nitrogen and oxygen atoms in total. The van der Waals surface area contributed by atoms with Gasteiger partial charge in [0, 0.05) is 38.9 Å². The van der Waals surface area contributed by atoms with Gasteiger partial charge in [0.2, 0.25) is 0 Å². The summed E-state index contributed by atoms with van der Waals surface area (Å²) in [6.07, 6.45) is 6.52. The first-order valence-corrected chi connectivity index (χ1v) is 8.90. The number of likely N-dealkylation sites (tertiary alicyclic amines) is 1. The van der Waals surface area contributed by atoms with Crippen LogP contribution in [0.3, 0.4) is 0 Å². The Balaban J connectivity index is 0.00000225. The van der Waals surface area contributed by atoms with Gasteiger partial charge in [-0.15, -0.1) is 24.0 Å². The molecule has 1 unspecified atom stereocenters. The van der Waals surface area contributed by atoms with Crippen LogP contribution < -0.4 is 5.32 Å². The van der Waals surface area contributed by atoms with Gasteiger partial charge in [0.1, 0.15) is 6.10 Å². The van der Waals surface area contributed by atoms with Gasteiger partial charge < -0.3 is 19.9 Å². The van der Waals surface area contributed by atoms with E-state index >= 15 is 0 Å². The van der Waals surface area contributed by atoms with E-state index < -0.39 is 0 Å². The van der Waals surface area contributed by atoms with Crippen molar-refractivity contribution in [3.05, 3.63) is 18.0 Å². The second-order valence-electron chi connectivity index (χ2n) is 6.93. The second-order valence-corrected chi connectivity index (χ2v) is 6.93. The number of nitrogens with one attached hydrogen (secondary N) is 1. The summed E-state index contributed by atoms with van der Waals surface area (Å²) in [6, 6.07) is 0. The molecule has 0 saturated carbocycles. The quantitative estimate of drug-likeness (QED) is 0.418. The van der Waals surface area contributed by atoms with Crippen molar-refractivity contribution in [2.75, 3.05) is 53.4 Å². The lowest BCUT2D eigenvalue weighted by Crippen LogP contribution is -2.49. The third-order valence-corrected chi connectivity index (χ3v) is 5.06. The van der Waals surface area contributed by atoms with Gasteiger partial charge in [0.15, 0.2) is 5.96 Å². The third kappa shape index (κ3) is 5.55. The van der Waals surface area contributed by atoms with Crippen molar-refractivity contribution in [2.45, 2.75) is 18.9 Å². The zero-order valence-corrected chi connectivity index (χ0v) is 17.8. The Morgan fingerprint density at radius 1 is 1.32 bits per heavy atom. The normalized spacial score (nSPS) is 23.4. The zero-order chi connectivity index (χ0) is 16.9. The Morgan fingerprint density at radius 2 is 2.08 bits per heavy atom. The van der Waals surface area contributed by atoms with Crippen molar-refractivity contribution in [3.63, 3.8) is 0 Å². The molecular formula is C17H31IN6O. The van der Waals surface area contributed by atoms with E-state index in [0.29, 0.717) is 6.61 Å². The maximum atomic E-state index is 5.93. The Labute approximate surface area is 167 Å². The summed E-state index contributed by atoms with van der Waals surface area (Å²) < 4.78 is 7.75. The Hall–Kier alpha value is -0.870. The minimum absolute atomic E-state index is 0. The first-order chi connectivity index (χ1) is 11.7. The molecule has 0 bridgehead atoms. The smallest absolute Gasteiger partial charge is 0.193 e. The summed E-state index contributed by atoms with van der Waals surface area (Å²) in [4.78, 5) is 9.20. The lowest BCUT2D eigenvalue weighted by Gasteiger charge is -2.36. The number of aryl methyl sites for hydroxylation is 1. The highest BCUT2D eigenvalue weighted by atomic mass is 127. The first-order valence-electron chi connectivity index (χ1n) is 8.90. The van der Waals surface area contributed by atoms with Crippen molar-refractivity contribution in [2.24, 2.45) is 18.0 Å². The summed E-state index contributed by atoms with van der Waals surface area (Å²) in [5.74, 6) is 1.74. The Morgan fingerprint density at radius 3 is 2.72 bits per heavy atom. The third-order valence-electron chi connectivity index (χ3n) is 5.06. The molecule has 0 amide bonds. The van der Waals surface area contributed by atoms with Gasteiger partial charge in [-0.2, -0.15) is 5.10 Å². The predicted molar refractivity (Wildman–Crippen MR) is 110 cm³/mol. The van der Waals surface area contributed by atoms with Crippen LogP contribution >= 0.6 is 24.0 Å². The molecule has 1 aromatic heterocycles. The number of hydrogen-bond donors (Lipinski definition) is 1. The summed E-state index contributed by atoms with van der Waals surface area (Å²) in [5, 5.41) is 7.84. The van der Waals surface area contributed by atoms with Crippen LogP contribution in [0.1, 0.15) is 24.5 Å². The molecular weight excluding hydrogens is 431 g/mol. The van der Waals surface area contributed by atoms with Crippen molar-refractivity contribution < 1.29 is 4.74 Å². The SMILES string of the molecule is CN=C(NCC1CCN(C)CC1)N1CCOC(c2cnn(C)c2)C1.I. The highest BCUT2D eigenvalue weighted by molar-refractivity contribution is 14.0. The fraction of sp³-hybridized carbons (Fsp3) is 0.765. The molecule has 8 heteroatoms. The largest absolute Gasteiger partial charge is 0.370 e. The van der Waals surface area contributed by atoms with Crippen molar-refractivity contribution in [1.82, 2.24) is 24.9 Å². The number of guanidine groups is 1. The second kappa shape index (κ2) is 9.72. The minimum atomic E-state index is 0. The molecule has 2 aliphatic heterocycles. The van der Waals surface area contributed by atoms with Crippen LogP contribution in [-0.4, -0.2) is 79.0 Å². The summed E-state index contributed by atoms with van der Waals surface area (Å²) >= 11 is 0. The topological polar surface area (TPSA) is 57.9 Å². The number of ether oxygens (including phenoxy) is 1. The van der Waals surface area contributed by atoms with E-state index in [1.807, 2.05) is 31.2 Å². The van der Waals surface area contributed by atoms with E-state index in [0.717, 1.165) is 37.1 Å². The summed E-state index contributed by atoms with van der Waals surface area (Å²) in [6.45, 7) is 5.82. The fourth-order valence-electron chi connectivity index (χ4n) is 3.48. The lowest BCUT2D eigenvalue weighted by atomic mass is 9.97. The van der Waals surface area contributed by atoms with Gasteiger partial charge in [-0.1, -0.05) is 0 Å². The van der Waals surface area contributed by atoms with Gasteiger partial charge in [-0.3, -0.25) is 9.67 Å². The lowest BCUT2D eigenvalue weighted by molar-refractivity contribution is -0.00812. The molecule has 3 rings (SSSR count). The molecule has 3 heterocycles. The van der Waals surface area contributed by atoms with E-state index in [-0.39, 0.29) is 30.1 Å². The van der Waals surface area contributed by atoms with Crippen molar-refractivity contribution in [3.8, 4) is 0 Å². The number of piperidine rings is 1. The molecule has 2 saturated heterocycles. The van der Waals surface area contributed by atoms with Crippen molar-refractivity contribution in [1.29, 1.82) is 0 Å². The Kier molecular flexibility index (Phi) is 7.95. The summed E-state index contributed by atoms with van der Waals surface area (Å²) in [7, 11) is 6.01. The number of morpholine rings is 1. The molecule has 0 radical (unpaired) electrons. The molecule has 0 spiro atoms. The minimum Gasteiger partial charge on any atom is -0.370 e. The van der Waals surface area contributed by atoms with Crippen LogP contribution in [-0.2, 0) is 11.8 Å². The van der Waals surface area contributed by atoms with Crippen LogP contribution in [0.25, 0.3) is 0 Å². The monoisotopic (exact) mass is 462 g/mol. The molecule has 2 aliphatic rings. The van der Waals surface area contributed by atoms with Gasteiger partial charge in [-0.05, 0) is 38.9 Å². The number of hydrogen-bond acceptors (Lipinski definition) is 4. The molecule has 142 valence electrons. The van der Waals surface area contributed by atoms with Gasteiger partial charge in [0.25, 0.3) is 0 Å². The highest BCUT2D eigenvalue weighted by Gasteiger charge is 2.25. The zero-order valence-electron chi connectivity index (χ0n) is 15.5. The standard InChI is InChI=1S/C17H30N6O.HI/c1-18-17(19-10-14-4-6-21(2)7-5-14)23-8-9-24-16(13-23)15-11-20-22(3)12-15;/h11-12,14,16H,4-10,13H2,1-3H3,(H,18,19);1H.